The van der Waals surface area contributed by atoms with Crippen LogP contribution in [-0.4, -0.2) is 49.2 Å². The van der Waals surface area contributed by atoms with E-state index in [0.717, 1.165) is 12.1 Å². The van der Waals surface area contributed by atoms with Crippen molar-refractivity contribution < 1.29 is 14.7 Å². The predicted octanol–water partition coefficient (Wildman–Crippen LogP) is 1.10. The van der Waals surface area contributed by atoms with Crippen molar-refractivity contribution in [2.24, 2.45) is 0 Å². The first-order valence-electron chi connectivity index (χ1n) is 5.73. The van der Waals surface area contributed by atoms with E-state index in [1.165, 1.54) is 16.7 Å². The highest BCUT2D eigenvalue weighted by atomic mass is 32.2. The first kappa shape index (κ1) is 12.9. The van der Waals surface area contributed by atoms with E-state index >= 15 is 0 Å². The highest BCUT2D eigenvalue weighted by Crippen LogP contribution is 2.32. The van der Waals surface area contributed by atoms with Crippen molar-refractivity contribution in [3.8, 4) is 0 Å². The largest absolute Gasteiger partial charge is 0.480 e. The highest BCUT2D eigenvalue weighted by molar-refractivity contribution is 8.00. The van der Waals surface area contributed by atoms with Gasteiger partial charge in [0.05, 0.1) is 5.37 Å². The minimum absolute atomic E-state index is 0.0874. The minimum Gasteiger partial charge on any atom is -0.480 e. The van der Waals surface area contributed by atoms with Crippen LogP contribution in [0.25, 0.3) is 0 Å². The second-order valence-corrected chi connectivity index (χ2v) is 5.41. The Morgan fingerprint density at radius 3 is 2.89 bits per heavy atom. The first-order chi connectivity index (χ1) is 8.54. The lowest BCUT2D eigenvalue weighted by Crippen LogP contribution is -2.45. The molecule has 2 N–H and O–H groups in total. The average Bonchev–Trinajstić information content (AvgIpc) is 2.93. The van der Waals surface area contributed by atoms with Crippen molar-refractivity contribution in [2.75, 3.05) is 5.75 Å². The number of aryl methyl sites for hydroxylation is 1. The molecule has 0 radical (unpaired) electrons. The van der Waals surface area contributed by atoms with Gasteiger partial charge in [0.2, 0.25) is 0 Å². The third-order valence-electron chi connectivity index (χ3n) is 2.89. The van der Waals surface area contributed by atoms with Crippen LogP contribution in [0.4, 0.5) is 0 Å². The molecule has 0 spiro atoms. The summed E-state index contributed by atoms with van der Waals surface area (Å²) >= 11 is 1.50. The Morgan fingerprint density at radius 2 is 2.39 bits per heavy atom. The Hall–Kier alpha value is -1.50. The maximum absolute atomic E-state index is 12.3. The van der Waals surface area contributed by atoms with Gasteiger partial charge in [-0.25, -0.2) is 4.79 Å². The zero-order valence-electron chi connectivity index (χ0n) is 10.2. The number of amides is 1. The van der Waals surface area contributed by atoms with Crippen LogP contribution in [0.2, 0.25) is 0 Å². The van der Waals surface area contributed by atoms with E-state index < -0.39 is 12.0 Å². The molecule has 98 valence electrons. The van der Waals surface area contributed by atoms with E-state index in [-0.39, 0.29) is 17.0 Å². The Bertz CT molecular complexity index is 474. The van der Waals surface area contributed by atoms with Crippen molar-refractivity contribution >= 4 is 23.6 Å². The van der Waals surface area contributed by atoms with Crippen molar-refractivity contribution in [3.63, 3.8) is 0 Å². The van der Waals surface area contributed by atoms with Gasteiger partial charge in [0.25, 0.3) is 5.91 Å². The zero-order valence-corrected chi connectivity index (χ0v) is 11.0. The molecule has 0 aromatic carbocycles. The molecular formula is C11H15N3O3S. The molecule has 0 aliphatic carbocycles. The van der Waals surface area contributed by atoms with E-state index in [0.29, 0.717) is 5.75 Å². The molecule has 7 heteroatoms. The summed E-state index contributed by atoms with van der Waals surface area (Å²) in [4.78, 5) is 24.9. The molecule has 1 amide bonds. The fraction of sp³-hybridized carbons (Fsp3) is 0.545. The van der Waals surface area contributed by atoms with Crippen LogP contribution in [0.5, 0.6) is 0 Å². The molecule has 1 fully saturated rings. The molecular weight excluding hydrogens is 254 g/mol. The molecule has 1 aliphatic rings. The fourth-order valence-corrected chi connectivity index (χ4v) is 3.35. The Balaban J connectivity index is 2.27. The van der Waals surface area contributed by atoms with Crippen LogP contribution in [0, 0.1) is 6.92 Å². The molecule has 6 nitrogen and oxygen atoms in total. The molecule has 0 bridgehead atoms. The average molecular weight is 269 g/mol. The lowest BCUT2D eigenvalue weighted by Gasteiger charge is -2.25. The van der Waals surface area contributed by atoms with Gasteiger partial charge in [0.1, 0.15) is 11.7 Å². The van der Waals surface area contributed by atoms with Crippen LogP contribution in [0.1, 0.15) is 29.5 Å². The summed E-state index contributed by atoms with van der Waals surface area (Å²) < 4.78 is 0. The van der Waals surface area contributed by atoms with Crippen molar-refractivity contribution in [2.45, 2.75) is 31.7 Å². The molecule has 2 heterocycles. The Kier molecular flexibility index (Phi) is 3.60. The van der Waals surface area contributed by atoms with Crippen molar-refractivity contribution in [3.05, 3.63) is 17.5 Å². The van der Waals surface area contributed by atoms with Gasteiger partial charge in [-0.05, 0) is 19.4 Å². The summed E-state index contributed by atoms with van der Waals surface area (Å²) in [6.07, 6.45) is 0.726. The lowest BCUT2D eigenvalue weighted by molar-refractivity contribution is -0.141. The quantitative estimate of drug-likeness (QED) is 0.858. The van der Waals surface area contributed by atoms with Crippen LogP contribution in [0.15, 0.2) is 6.07 Å². The molecule has 1 aliphatic heterocycles. The summed E-state index contributed by atoms with van der Waals surface area (Å²) in [5.41, 5.74) is 1.06. The highest BCUT2D eigenvalue weighted by Gasteiger charge is 2.41. The summed E-state index contributed by atoms with van der Waals surface area (Å²) in [7, 11) is 0. The molecule has 1 aromatic heterocycles. The molecule has 1 aromatic rings. The molecule has 1 saturated heterocycles. The zero-order chi connectivity index (χ0) is 13.3. The van der Waals surface area contributed by atoms with Gasteiger partial charge < -0.3 is 10.0 Å². The molecule has 2 unspecified atom stereocenters. The third kappa shape index (κ3) is 2.22. The van der Waals surface area contributed by atoms with Gasteiger partial charge >= 0.3 is 5.97 Å². The SMILES string of the molecule is CCC1SCC(C(=O)O)N1C(=O)c1cc(C)[nH]n1. The molecule has 2 rings (SSSR count). The normalized spacial score (nSPS) is 23.3. The monoisotopic (exact) mass is 269 g/mol. The number of carboxylic acid groups (broad SMARTS) is 1. The Morgan fingerprint density at radius 1 is 1.67 bits per heavy atom. The number of nitrogens with one attached hydrogen (secondary N) is 1. The molecule has 18 heavy (non-hydrogen) atoms. The number of hydrogen-bond donors (Lipinski definition) is 2. The third-order valence-corrected chi connectivity index (χ3v) is 4.34. The summed E-state index contributed by atoms with van der Waals surface area (Å²) in [5.74, 6) is -0.842. The van der Waals surface area contributed by atoms with Gasteiger partial charge in [-0.2, -0.15) is 5.10 Å². The maximum Gasteiger partial charge on any atom is 0.327 e. The number of carbonyl (C=O) groups is 2. The number of hydrogen-bond acceptors (Lipinski definition) is 4. The maximum atomic E-state index is 12.3. The van der Waals surface area contributed by atoms with Gasteiger partial charge in [-0.15, -0.1) is 11.8 Å². The number of thioether (sulfide) groups is 1. The van der Waals surface area contributed by atoms with Crippen LogP contribution < -0.4 is 0 Å². The van der Waals surface area contributed by atoms with E-state index in [1.807, 2.05) is 6.92 Å². The Labute approximate surface area is 109 Å². The molecule has 0 saturated carbocycles. The van der Waals surface area contributed by atoms with E-state index in [9.17, 15) is 9.59 Å². The minimum atomic E-state index is -0.959. The van der Waals surface area contributed by atoms with Gasteiger partial charge in [0.15, 0.2) is 0 Å². The van der Waals surface area contributed by atoms with E-state index in [2.05, 4.69) is 10.2 Å². The summed E-state index contributed by atoms with van der Waals surface area (Å²) in [6.45, 7) is 3.74. The topological polar surface area (TPSA) is 86.3 Å². The number of aromatic nitrogens is 2. The lowest BCUT2D eigenvalue weighted by atomic mass is 10.2. The van der Waals surface area contributed by atoms with Gasteiger partial charge in [0, 0.05) is 11.4 Å². The van der Waals surface area contributed by atoms with E-state index in [4.69, 9.17) is 5.11 Å². The number of nitrogens with zero attached hydrogens (tertiary/aromatic N) is 2. The number of rotatable bonds is 3. The number of aromatic amines is 1. The second-order valence-electron chi connectivity index (χ2n) is 4.20. The van der Waals surface area contributed by atoms with Gasteiger partial charge in [-0.3, -0.25) is 9.89 Å². The molecule has 2 atom stereocenters. The fourth-order valence-electron chi connectivity index (χ4n) is 2.00. The number of H-pyrrole nitrogens is 1. The standard InChI is InChI=1S/C11H15N3O3S/c1-3-9-14(8(5-18-9)11(16)17)10(15)7-4-6(2)12-13-7/h4,8-9H,3,5H2,1-2H3,(H,12,13)(H,16,17). The summed E-state index contributed by atoms with van der Waals surface area (Å²) in [6, 6.07) is 0.876. The predicted molar refractivity (Wildman–Crippen MR) is 67.5 cm³/mol. The number of carboxylic acids is 1. The van der Waals surface area contributed by atoms with E-state index in [1.54, 1.807) is 13.0 Å². The second kappa shape index (κ2) is 5.01. The van der Waals surface area contributed by atoms with Crippen LogP contribution >= 0.6 is 11.8 Å². The van der Waals surface area contributed by atoms with Crippen molar-refractivity contribution in [1.82, 2.24) is 15.1 Å². The number of carbonyl (C=O) groups excluding carboxylic acids is 1. The van der Waals surface area contributed by atoms with Gasteiger partial charge in [-0.1, -0.05) is 6.92 Å². The summed E-state index contributed by atoms with van der Waals surface area (Å²) in [5, 5.41) is 15.7. The van der Waals surface area contributed by atoms with Crippen LogP contribution in [-0.2, 0) is 4.79 Å². The van der Waals surface area contributed by atoms with Crippen molar-refractivity contribution in [1.29, 1.82) is 0 Å². The van der Waals surface area contributed by atoms with Crippen LogP contribution in [0.3, 0.4) is 0 Å². The first-order valence-corrected chi connectivity index (χ1v) is 6.78. The smallest absolute Gasteiger partial charge is 0.327 e. The number of aliphatic carboxylic acids is 1.